The number of nitrogens with one attached hydrogen (secondary N) is 2. The van der Waals surface area contributed by atoms with Crippen LogP contribution in [0.1, 0.15) is 24.3 Å². The summed E-state index contributed by atoms with van der Waals surface area (Å²) in [5.41, 5.74) is 0.480. The molecule has 2 aromatic rings. The highest BCUT2D eigenvalue weighted by Gasteiger charge is 2.42. The van der Waals surface area contributed by atoms with Gasteiger partial charge in [-0.05, 0) is 48.6 Å². The van der Waals surface area contributed by atoms with Crippen molar-refractivity contribution in [3.63, 3.8) is 0 Å². The summed E-state index contributed by atoms with van der Waals surface area (Å²) in [4.78, 5) is 27.6. The standard InChI is InChI=1S/C24H27F2N3O4/c1-32-17-7-5-15(6-8-17)18-13-16(14-19(18)23(30)29-9-11-33-12-10-29)27-24(31)28-22-20(25)3-2-4-21(22)26/h2-8,16,18-19H,9-14H2,1H3,(H2,27,28,31)/t16-,18+,19-/m0/s1. The van der Waals surface area contributed by atoms with E-state index in [2.05, 4.69) is 10.6 Å². The number of hydrogen-bond acceptors (Lipinski definition) is 4. The Kier molecular flexibility index (Phi) is 7.08. The van der Waals surface area contributed by atoms with Crippen LogP contribution in [0.25, 0.3) is 0 Å². The molecule has 176 valence electrons. The molecule has 2 N–H and O–H groups in total. The lowest BCUT2D eigenvalue weighted by atomic mass is 9.88. The molecule has 1 saturated heterocycles. The minimum atomic E-state index is -0.854. The zero-order valence-corrected chi connectivity index (χ0v) is 18.4. The average Bonchev–Trinajstić information content (AvgIpc) is 3.25. The molecule has 0 unspecified atom stereocenters. The minimum Gasteiger partial charge on any atom is -0.497 e. The van der Waals surface area contributed by atoms with Gasteiger partial charge in [0.2, 0.25) is 5.91 Å². The molecule has 1 heterocycles. The largest absolute Gasteiger partial charge is 0.497 e. The molecule has 0 spiro atoms. The first-order chi connectivity index (χ1) is 16.0. The first-order valence-electron chi connectivity index (χ1n) is 11.0. The Morgan fingerprint density at radius 2 is 1.70 bits per heavy atom. The number of para-hydroxylation sites is 1. The lowest BCUT2D eigenvalue weighted by Crippen LogP contribution is -2.44. The normalized spacial score (nSPS) is 22.6. The first kappa shape index (κ1) is 23.0. The molecule has 4 rings (SSSR count). The van der Waals surface area contributed by atoms with E-state index in [0.29, 0.717) is 44.9 Å². The van der Waals surface area contributed by atoms with Gasteiger partial charge in [-0.2, -0.15) is 0 Å². The molecule has 3 amide bonds. The third-order valence-electron chi connectivity index (χ3n) is 6.28. The van der Waals surface area contributed by atoms with Crippen molar-refractivity contribution < 1.29 is 27.8 Å². The zero-order valence-electron chi connectivity index (χ0n) is 18.4. The molecular formula is C24H27F2N3O4. The van der Waals surface area contributed by atoms with Crippen LogP contribution in [0.5, 0.6) is 5.75 Å². The van der Waals surface area contributed by atoms with Gasteiger partial charge in [-0.3, -0.25) is 4.79 Å². The van der Waals surface area contributed by atoms with E-state index in [1.54, 1.807) is 7.11 Å². The van der Waals surface area contributed by atoms with Crippen LogP contribution in [0.3, 0.4) is 0 Å². The Bertz CT molecular complexity index is 975. The summed E-state index contributed by atoms with van der Waals surface area (Å²) in [5, 5.41) is 5.04. The number of ether oxygens (including phenoxy) is 2. The van der Waals surface area contributed by atoms with Gasteiger partial charge >= 0.3 is 6.03 Å². The molecule has 2 aromatic carbocycles. The fourth-order valence-electron chi connectivity index (χ4n) is 4.62. The average molecular weight is 459 g/mol. The van der Waals surface area contributed by atoms with E-state index in [0.717, 1.165) is 17.7 Å². The summed E-state index contributed by atoms with van der Waals surface area (Å²) in [6, 6.07) is 9.89. The van der Waals surface area contributed by atoms with E-state index in [1.165, 1.54) is 6.07 Å². The van der Waals surface area contributed by atoms with E-state index in [-0.39, 0.29) is 23.8 Å². The van der Waals surface area contributed by atoms with E-state index in [4.69, 9.17) is 9.47 Å². The lowest BCUT2D eigenvalue weighted by molar-refractivity contribution is -0.140. The summed E-state index contributed by atoms with van der Waals surface area (Å²) < 4.78 is 38.4. The zero-order chi connectivity index (χ0) is 23.4. The molecule has 1 aliphatic heterocycles. The Morgan fingerprint density at radius 3 is 2.33 bits per heavy atom. The fraction of sp³-hybridized carbons (Fsp3) is 0.417. The Hall–Kier alpha value is -3.20. The van der Waals surface area contributed by atoms with Crippen molar-refractivity contribution in [3.8, 4) is 5.75 Å². The van der Waals surface area contributed by atoms with Crippen molar-refractivity contribution in [1.82, 2.24) is 10.2 Å². The van der Waals surface area contributed by atoms with Crippen LogP contribution in [-0.4, -0.2) is 56.3 Å². The summed E-state index contributed by atoms with van der Waals surface area (Å²) >= 11 is 0. The van der Waals surface area contributed by atoms with Gasteiger partial charge in [0.05, 0.1) is 20.3 Å². The number of anilines is 1. The van der Waals surface area contributed by atoms with Crippen molar-refractivity contribution in [1.29, 1.82) is 0 Å². The number of morpholine rings is 1. The predicted molar refractivity (Wildman–Crippen MR) is 118 cm³/mol. The quantitative estimate of drug-likeness (QED) is 0.717. The van der Waals surface area contributed by atoms with Crippen LogP contribution in [0.4, 0.5) is 19.3 Å². The van der Waals surface area contributed by atoms with E-state index < -0.39 is 23.4 Å². The SMILES string of the molecule is COc1ccc([C@H]2C[C@H](NC(=O)Nc3c(F)cccc3F)C[C@@H]2C(=O)N2CCOCC2)cc1. The number of hydrogen-bond donors (Lipinski definition) is 2. The fourth-order valence-corrected chi connectivity index (χ4v) is 4.62. The van der Waals surface area contributed by atoms with Crippen LogP contribution in [0, 0.1) is 17.6 Å². The van der Waals surface area contributed by atoms with Gasteiger partial charge in [0.15, 0.2) is 0 Å². The van der Waals surface area contributed by atoms with Crippen LogP contribution >= 0.6 is 0 Å². The molecule has 1 saturated carbocycles. The molecule has 0 aromatic heterocycles. The van der Waals surface area contributed by atoms with Crippen molar-refractivity contribution >= 4 is 17.6 Å². The molecule has 0 bridgehead atoms. The Morgan fingerprint density at radius 1 is 1.03 bits per heavy atom. The maximum atomic E-state index is 13.9. The van der Waals surface area contributed by atoms with Crippen molar-refractivity contribution in [2.75, 3.05) is 38.7 Å². The molecule has 2 fully saturated rings. The maximum Gasteiger partial charge on any atom is 0.319 e. The van der Waals surface area contributed by atoms with Gasteiger partial charge in [0, 0.05) is 25.0 Å². The second kappa shape index (κ2) is 10.2. The number of benzene rings is 2. The minimum absolute atomic E-state index is 0.0315. The van der Waals surface area contributed by atoms with Crippen LogP contribution in [0.2, 0.25) is 0 Å². The van der Waals surface area contributed by atoms with Crippen molar-refractivity contribution in [2.45, 2.75) is 24.8 Å². The second-order valence-corrected chi connectivity index (χ2v) is 8.29. The molecule has 33 heavy (non-hydrogen) atoms. The van der Waals surface area contributed by atoms with Gasteiger partial charge in [-0.15, -0.1) is 0 Å². The number of carbonyl (C=O) groups excluding carboxylic acids is 2. The van der Waals surface area contributed by atoms with Gasteiger partial charge in [-0.1, -0.05) is 18.2 Å². The van der Waals surface area contributed by atoms with Gasteiger partial charge in [0.25, 0.3) is 0 Å². The number of carbonyl (C=O) groups is 2. The summed E-state index contributed by atoms with van der Waals surface area (Å²) in [7, 11) is 1.59. The topological polar surface area (TPSA) is 79.9 Å². The summed E-state index contributed by atoms with van der Waals surface area (Å²) in [6.07, 6.45) is 0.959. The number of rotatable bonds is 5. The van der Waals surface area contributed by atoms with E-state index in [9.17, 15) is 18.4 Å². The van der Waals surface area contributed by atoms with Crippen molar-refractivity contribution in [2.24, 2.45) is 5.92 Å². The highest BCUT2D eigenvalue weighted by molar-refractivity contribution is 5.90. The summed E-state index contributed by atoms with van der Waals surface area (Å²) in [6.45, 7) is 2.08. The van der Waals surface area contributed by atoms with Gasteiger partial charge < -0.3 is 25.0 Å². The van der Waals surface area contributed by atoms with E-state index >= 15 is 0 Å². The molecule has 2 aliphatic rings. The number of urea groups is 1. The van der Waals surface area contributed by atoms with E-state index in [1.807, 2.05) is 29.2 Å². The lowest BCUT2D eigenvalue weighted by Gasteiger charge is -2.31. The number of methoxy groups -OCH3 is 1. The number of halogens is 2. The smallest absolute Gasteiger partial charge is 0.319 e. The maximum absolute atomic E-state index is 13.9. The number of nitrogens with zero attached hydrogens (tertiary/aromatic N) is 1. The highest BCUT2D eigenvalue weighted by atomic mass is 19.1. The highest BCUT2D eigenvalue weighted by Crippen LogP contribution is 2.41. The Balaban J connectivity index is 1.49. The molecular weight excluding hydrogens is 432 g/mol. The third-order valence-corrected chi connectivity index (χ3v) is 6.28. The number of amides is 3. The Labute approximate surface area is 191 Å². The van der Waals surface area contributed by atoms with Crippen LogP contribution in [-0.2, 0) is 9.53 Å². The van der Waals surface area contributed by atoms with Gasteiger partial charge in [0.1, 0.15) is 23.1 Å². The van der Waals surface area contributed by atoms with Crippen molar-refractivity contribution in [3.05, 3.63) is 59.7 Å². The van der Waals surface area contributed by atoms with Gasteiger partial charge in [-0.25, -0.2) is 13.6 Å². The molecule has 7 nitrogen and oxygen atoms in total. The summed E-state index contributed by atoms with van der Waals surface area (Å²) in [5.74, 6) is -1.40. The molecule has 1 aliphatic carbocycles. The molecule has 0 radical (unpaired) electrons. The molecule has 3 atom stereocenters. The second-order valence-electron chi connectivity index (χ2n) is 8.29. The molecule has 9 heteroatoms. The van der Waals surface area contributed by atoms with Crippen LogP contribution in [0.15, 0.2) is 42.5 Å². The monoisotopic (exact) mass is 459 g/mol. The van der Waals surface area contributed by atoms with Crippen LogP contribution < -0.4 is 15.4 Å². The third kappa shape index (κ3) is 5.24. The first-order valence-corrected chi connectivity index (χ1v) is 11.0. The predicted octanol–water partition coefficient (Wildman–Crippen LogP) is 3.52.